The number of imidazole rings is 2. The van der Waals surface area contributed by atoms with Gasteiger partial charge in [-0.15, -0.1) is 149 Å². The van der Waals surface area contributed by atoms with Gasteiger partial charge in [0.05, 0.1) is 11.6 Å². The predicted octanol–water partition coefficient (Wildman–Crippen LogP) is 25.2. The Bertz CT molecular complexity index is 5360. The van der Waals surface area contributed by atoms with Crippen LogP contribution in [0.15, 0.2) is 298 Å². The molecule has 17 rings (SSSR count). The molecule has 15 aromatic rings. The summed E-state index contributed by atoms with van der Waals surface area (Å²) in [5.41, 5.74) is 26.3. The van der Waals surface area contributed by atoms with Crippen LogP contribution in [0.4, 0.5) is 34.1 Å². The number of nitrogens with zero attached hydrogens (tertiary/aromatic N) is 10. The van der Waals surface area contributed by atoms with Crippen LogP contribution in [-0.4, -0.2) is 43.2 Å². The zero-order valence-electron chi connectivity index (χ0n) is 66.6. The van der Waals surface area contributed by atoms with Gasteiger partial charge in [0, 0.05) is 107 Å². The molecule has 0 unspecified atom stereocenters. The van der Waals surface area contributed by atoms with Crippen molar-refractivity contribution in [3.8, 4) is 90.4 Å². The fraction of sp³-hybridized carbons (Fsp3) is 0.168. The third kappa shape index (κ3) is 18.1. The Balaban J connectivity index is 0.000000180. The average molecular weight is 2040 g/mol. The van der Waals surface area contributed by atoms with Crippen molar-refractivity contribution < 1.29 is 66.7 Å². The Kier molecular flexibility index (Phi) is 27.0. The maximum atomic E-state index is 6.54. The summed E-state index contributed by atoms with van der Waals surface area (Å²) in [6, 6.07) is 111. The molecule has 11 nitrogen and oxygen atoms in total. The first-order chi connectivity index (χ1) is 54.4. The molecular formula is C101H91N10OOsPt2-3. The number of aromatic nitrogens is 6. The third-order valence-corrected chi connectivity index (χ3v) is 20.7. The number of benzene rings is 11. The molecule has 0 radical (unpaired) electrons. The second-order valence-electron chi connectivity index (χ2n) is 30.1. The number of pyridine rings is 2. The summed E-state index contributed by atoms with van der Waals surface area (Å²) in [6.45, 7) is 26.6. The van der Waals surface area contributed by atoms with E-state index in [1.165, 1.54) is 78.6 Å². The molecule has 11 aromatic carbocycles. The van der Waals surface area contributed by atoms with Gasteiger partial charge in [0.1, 0.15) is 0 Å². The van der Waals surface area contributed by atoms with E-state index in [2.05, 4.69) is 344 Å². The summed E-state index contributed by atoms with van der Waals surface area (Å²) in [7, 11) is 4.14. The minimum atomic E-state index is -0.324. The van der Waals surface area contributed by atoms with Crippen LogP contribution in [0.2, 0.25) is 0 Å². The van der Waals surface area contributed by atoms with Crippen LogP contribution in [0, 0.1) is 43.7 Å². The van der Waals surface area contributed by atoms with Crippen molar-refractivity contribution in [3.05, 3.63) is 375 Å². The summed E-state index contributed by atoms with van der Waals surface area (Å²) < 4.78 is 11.0. The number of hydrogen-bond acceptors (Lipinski definition) is 9. The van der Waals surface area contributed by atoms with Crippen molar-refractivity contribution in [2.75, 3.05) is 33.7 Å². The van der Waals surface area contributed by atoms with Crippen LogP contribution in [0.1, 0.15) is 127 Å². The van der Waals surface area contributed by atoms with Gasteiger partial charge >= 0.3 is 42.1 Å². The first-order valence-electron chi connectivity index (χ1n) is 38.5. The average Bonchev–Trinajstić information content (AvgIpc) is 1.75. The molecular weight excluding hydrogens is 1950 g/mol. The molecule has 0 saturated heterocycles. The first-order valence-corrected chi connectivity index (χ1v) is 38.5. The Morgan fingerprint density at radius 2 is 0.713 bits per heavy atom. The summed E-state index contributed by atoms with van der Waals surface area (Å²) in [5, 5.41) is 0. The Morgan fingerprint density at radius 1 is 0.365 bits per heavy atom. The van der Waals surface area contributed by atoms with E-state index in [9.17, 15) is 0 Å². The number of fused-ring (bicyclic) bond motifs is 2. The van der Waals surface area contributed by atoms with E-state index in [0.717, 1.165) is 68.1 Å². The van der Waals surface area contributed by atoms with E-state index in [-0.39, 0.29) is 67.3 Å². The van der Waals surface area contributed by atoms with Crippen molar-refractivity contribution in [1.82, 2.24) is 29.1 Å². The molecule has 0 fully saturated rings. The van der Waals surface area contributed by atoms with Gasteiger partial charge < -0.3 is 43.4 Å². The minimum absolute atomic E-state index is 0. The minimum Gasteiger partial charge on any atom is -0.504 e. The van der Waals surface area contributed by atoms with Crippen LogP contribution in [0.3, 0.4) is 0 Å². The quantitative estimate of drug-likeness (QED) is 0.0780. The topological polar surface area (TPSA) is 83.6 Å². The van der Waals surface area contributed by atoms with E-state index in [0.29, 0.717) is 35.2 Å². The molecule has 0 atom stereocenters. The summed E-state index contributed by atoms with van der Waals surface area (Å²) in [6.07, 6.45) is 7.88. The van der Waals surface area contributed by atoms with E-state index in [1.807, 2.05) is 109 Å². The fourth-order valence-corrected chi connectivity index (χ4v) is 14.8. The zero-order chi connectivity index (χ0) is 77.6. The largest absolute Gasteiger partial charge is 2.00 e. The fourth-order valence-electron chi connectivity index (χ4n) is 14.8. The molecule has 6 heterocycles. The van der Waals surface area contributed by atoms with Crippen LogP contribution < -0.4 is 24.3 Å². The summed E-state index contributed by atoms with van der Waals surface area (Å²) >= 11 is 0. The van der Waals surface area contributed by atoms with Crippen LogP contribution in [0.25, 0.3) is 78.9 Å². The predicted molar refractivity (Wildman–Crippen MR) is 460 cm³/mol. The molecule has 0 aliphatic carbocycles. The Morgan fingerprint density at radius 3 is 1.09 bits per heavy atom. The van der Waals surface area contributed by atoms with E-state index < -0.39 is 0 Å². The number of anilines is 6. The smallest absolute Gasteiger partial charge is 0.504 e. The number of para-hydroxylation sites is 4. The molecule has 115 heavy (non-hydrogen) atoms. The molecule has 0 N–H and O–H groups in total. The van der Waals surface area contributed by atoms with Crippen molar-refractivity contribution in [2.24, 2.45) is 0 Å². The van der Waals surface area contributed by atoms with Crippen molar-refractivity contribution in [3.63, 3.8) is 0 Å². The second kappa shape index (κ2) is 37.2. The Labute approximate surface area is 721 Å². The first kappa shape index (κ1) is 83.6. The Hall–Kier alpha value is -10.8. The number of ether oxygens (including phenoxy) is 1. The molecule has 0 amide bonds. The van der Waals surface area contributed by atoms with Gasteiger partial charge in [0.25, 0.3) is 0 Å². The monoisotopic (exact) mass is 2040 g/mol. The molecule has 14 heteroatoms. The molecule has 4 aromatic heterocycles. The van der Waals surface area contributed by atoms with E-state index >= 15 is 0 Å². The van der Waals surface area contributed by atoms with Gasteiger partial charge in [0.2, 0.25) is 0 Å². The standard InChI is InChI=1S/C54H52N4O.C25H20N2.C22H19N4.Os.2Pt/c1-35(2)47-31-43(39-17-11-9-12-18-39)32-48(36(3)4)51(47)57-27-25-55-53(57)41-21-15-23-45(29-41)59-46-24-16-22-42(30-46)54-56-26-28-58(54)52-49(37(5)6)33-44(34-50(52)38(7)8)40-19-13-10-14-20-40;1-25(2,23-17-9-15-21(26-23)19-11-5-3-6-12-19)24-18-10-16-22(27-24)20-13-7-4-8-14-20;1-23-15-25(21-12-5-3-10-19(21)23)17-8-7-9-18(14-17)26-16-24(2)20-11-4-6-13-22(20)26;;;/h9-28,31-38H,1-8H3;3-11,13,15-18H,1-2H3;3-13,15-16H,1-2H3;;;/q2*-2;-3;;2*+2. The number of hydrogen-bond donors (Lipinski definition) is 0. The van der Waals surface area contributed by atoms with Gasteiger partial charge in [-0.1, -0.05) is 177 Å². The van der Waals surface area contributed by atoms with Gasteiger partial charge in [-0.05, 0) is 168 Å². The van der Waals surface area contributed by atoms with Gasteiger partial charge in [-0.2, -0.15) is 19.4 Å². The zero-order valence-corrected chi connectivity index (χ0v) is 73.7. The van der Waals surface area contributed by atoms with Gasteiger partial charge in [0.15, 0.2) is 0 Å². The molecule has 2 aliphatic heterocycles. The molecule has 582 valence electrons. The third-order valence-electron chi connectivity index (χ3n) is 20.7. The maximum Gasteiger partial charge on any atom is 2.00 e. The van der Waals surface area contributed by atoms with Crippen LogP contribution in [-0.2, 0) is 67.3 Å². The summed E-state index contributed by atoms with van der Waals surface area (Å²) in [5.74, 6) is 3.96. The molecule has 0 spiro atoms. The van der Waals surface area contributed by atoms with Gasteiger partial charge in [-0.3, -0.25) is 9.97 Å². The van der Waals surface area contributed by atoms with Crippen molar-refractivity contribution in [2.45, 2.75) is 98.3 Å². The van der Waals surface area contributed by atoms with Crippen LogP contribution in [0.5, 0.6) is 11.5 Å². The van der Waals surface area contributed by atoms with E-state index in [4.69, 9.17) is 24.7 Å². The van der Waals surface area contributed by atoms with Gasteiger partial charge in [-0.25, -0.2) is 0 Å². The maximum absolute atomic E-state index is 6.54. The molecule has 2 aliphatic rings. The summed E-state index contributed by atoms with van der Waals surface area (Å²) in [4.78, 5) is 28.3. The normalized spacial score (nSPS) is 12.1. The van der Waals surface area contributed by atoms with Crippen molar-refractivity contribution >= 4 is 34.1 Å². The second-order valence-corrected chi connectivity index (χ2v) is 30.1. The van der Waals surface area contributed by atoms with E-state index in [1.54, 1.807) is 0 Å². The molecule has 0 bridgehead atoms. The number of rotatable bonds is 18. The van der Waals surface area contributed by atoms with Crippen LogP contribution >= 0.6 is 0 Å². The SMILES string of the molecule is CC(C)(c1cccc(-c2[c-]cccc2)n1)c1cccc(-c2[c-]cccc2)n1.CC(C)c1cc(-c2ccccc2)cc(C(C)C)c1-n1ccnc1-c1[c-]c(Oc2[c-]c(-c3nccn3-c3c(C(C)C)cc(-c4ccccc4)cc3C(C)C)ccc2)ccc1.CN1[CH-]N(c2[c-]c(N3[CH-]N(C)c4ccccc43)ccc2)c2ccccc21.[Os].[Pt+2].[Pt+2]. The molecule has 0 saturated carbocycles. The van der Waals surface area contributed by atoms with Crippen molar-refractivity contribution in [1.29, 1.82) is 0 Å².